The lowest BCUT2D eigenvalue weighted by Gasteiger charge is -2.07. The molecule has 15 heavy (non-hydrogen) atoms. The number of aromatic nitrogens is 1. The second kappa shape index (κ2) is 4.60. The summed E-state index contributed by atoms with van der Waals surface area (Å²) in [6.07, 6.45) is 1.77. The second-order valence-electron chi connectivity index (χ2n) is 3.38. The Bertz CT molecular complexity index is 426. The number of nitrogens with zero attached hydrogens (tertiary/aromatic N) is 1. The predicted molar refractivity (Wildman–Crippen MR) is 59.7 cm³/mol. The fourth-order valence-electron chi connectivity index (χ4n) is 1.35. The largest absolute Gasteiger partial charge is 0.487 e. The van der Waals surface area contributed by atoms with E-state index < -0.39 is 0 Å². The first-order chi connectivity index (χ1) is 7.36. The lowest BCUT2D eigenvalue weighted by Crippen LogP contribution is -1.98. The van der Waals surface area contributed by atoms with Gasteiger partial charge in [0.15, 0.2) is 0 Å². The molecule has 0 N–H and O–H groups in total. The molecule has 0 bridgehead atoms. The van der Waals surface area contributed by atoms with Crippen LogP contribution in [0.25, 0.3) is 0 Å². The molecule has 0 spiro atoms. The van der Waals surface area contributed by atoms with Crippen LogP contribution >= 0.6 is 0 Å². The van der Waals surface area contributed by atoms with E-state index in [1.165, 1.54) is 0 Å². The molecule has 0 aliphatic carbocycles. The van der Waals surface area contributed by atoms with Gasteiger partial charge in [0.2, 0.25) is 0 Å². The van der Waals surface area contributed by atoms with E-state index in [-0.39, 0.29) is 0 Å². The normalized spacial score (nSPS) is 9.93. The Labute approximate surface area is 89.6 Å². The number of pyridine rings is 1. The summed E-state index contributed by atoms with van der Waals surface area (Å²) in [4.78, 5) is 4.20. The quantitative estimate of drug-likeness (QED) is 0.758. The Morgan fingerprint density at radius 2 is 1.87 bits per heavy atom. The van der Waals surface area contributed by atoms with Crippen molar-refractivity contribution in [3.8, 4) is 5.75 Å². The van der Waals surface area contributed by atoms with Crippen LogP contribution in [0.5, 0.6) is 5.75 Å². The summed E-state index contributed by atoms with van der Waals surface area (Å²) in [5, 5.41) is 0. The van der Waals surface area contributed by atoms with Crippen LogP contribution in [-0.4, -0.2) is 4.98 Å². The van der Waals surface area contributed by atoms with Gasteiger partial charge >= 0.3 is 0 Å². The summed E-state index contributed by atoms with van der Waals surface area (Å²) in [5.74, 6) is 0.920. The number of hydrogen-bond acceptors (Lipinski definition) is 2. The number of ether oxygens (including phenoxy) is 1. The van der Waals surface area contributed by atoms with Gasteiger partial charge in [0.1, 0.15) is 12.4 Å². The van der Waals surface area contributed by atoms with Crippen LogP contribution in [0.4, 0.5) is 0 Å². The average Bonchev–Trinajstić information content (AvgIpc) is 2.29. The molecule has 2 aromatic rings. The van der Waals surface area contributed by atoms with Gasteiger partial charge in [0, 0.05) is 6.20 Å². The average molecular weight is 199 g/mol. The molecule has 0 unspecified atom stereocenters. The van der Waals surface area contributed by atoms with Crippen molar-refractivity contribution in [3.63, 3.8) is 0 Å². The Hall–Kier alpha value is -1.83. The van der Waals surface area contributed by atoms with Crippen LogP contribution in [0, 0.1) is 6.92 Å². The highest BCUT2D eigenvalue weighted by Gasteiger charge is 1.98. The maximum Gasteiger partial charge on any atom is 0.130 e. The van der Waals surface area contributed by atoms with Gasteiger partial charge in [0.05, 0.1) is 5.69 Å². The summed E-state index contributed by atoms with van der Waals surface area (Å²) < 4.78 is 5.66. The van der Waals surface area contributed by atoms with Gasteiger partial charge in [0.25, 0.3) is 0 Å². The van der Waals surface area contributed by atoms with E-state index in [9.17, 15) is 0 Å². The van der Waals surface area contributed by atoms with Crippen LogP contribution < -0.4 is 4.74 Å². The third-order valence-electron chi connectivity index (χ3n) is 2.20. The standard InChI is InChI=1S/C13H13NO/c1-11-6-2-3-8-13(11)15-10-12-7-4-5-9-14-12/h2-9H,10H2,1H3. The smallest absolute Gasteiger partial charge is 0.130 e. The molecule has 2 rings (SSSR count). The zero-order chi connectivity index (χ0) is 10.5. The maximum absolute atomic E-state index is 5.66. The minimum atomic E-state index is 0.520. The molecular formula is C13H13NO. The predicted octanol–water partition coefficient (Wildman–Crippen LogP) is 2.97. The van der Waals surface area contributed by atoms with Crippen molar-refractivity contribution in [1.29, 1.82) is 0 Å². The lowest BCUT2D eigenvalue weighted by atomic mass is 10.2. The summed E-state index contributed by atoms with van der Waals surface area (Å²) in [6, 6.07) is 13.8. The van der Waals surface area contributed by atoms with Crippen molar-refractivity contribution < 1.29 is 4.74 Å². The van der Waals surface area contributed by atoms with Crippen LogP contribution in [0.15, 0.2) is 48.7 Å². The molecule has 0 saturated heterocycles. The molecule has 2 nitrogen and oxygen atoms in total. The summed E-state index contributed by atoms with van der Waals surface area (Å²) in [6.45, 7) is 2.56. The highest BCUT2D eigenvalue weighted by Crippen LogP contribution is 2.17. The Balaban J connectivity index is 2.03. The zero-order valence-corrected chi connectivity index (χ0v) is 8.68. The van der Waals surface area contributed by atoms with Crippen molar-refractivity contribution in [2.24, 2.45) is 0 Å². The Kier molecular flexibility index (Phi) is 2.98. The fraction of sp³-hybridized carbons (Fsp3) is 0.154. The third-order valence-corrected chi connectivity index (χ3v) is 2.20. The maximum atomic E-state index is 5.66. The first-order valence-electron chi connectivity index (χ1n) is 4.94. The number of aryl methyl sites for hydroxylation is 1. The number of para-hydroxylation sites is 1. The van der Waals surface area contributed by atoms with Gasteiger partial charge in [-0.05, 0) is 30.7 Å². The lowest BCUT2D eigenvalue weighted by molar-refractivity contribution is 0.299. The van der Waals surface area contributed by atoms with E-state index in [2.05, 4.69) is 4.98 Å². The van der Waals surface area contributed by atoms with Crippen molar-refractivity contribution in [2.45, 2.75) is 13.5 Å². The van der Waals surface area contributed by atoms with Crippen LogP contribution in [0.1, 0.15) is 11.3 Å². The molecule has 76 valence electrons. The minimum Gasteiger partial charge on any atom is -0.487 e. The summed E-state index contributed by atoms with van der Waals surface area (Å²) in [7, 11) is 0. The SMILES string of the molecule is Cc1ccccc1OCc1ccccn1. The highest BCUT2D eigenvalue weighted by molar-refractivity contribution is 5.31. The minimum absolute atomic E-state index is 0.520. The number of rotatable bonds is 3. The molecule has 0 amide bonds. The van der Waals surface area contributed by atoms with Gasteiger partial charge in [-0.2, -0.15) is 0 Å². The van der Waals surface area contributed by atoms with E-state index in [0.29, 0.717) is 6.61 Å². The first kappa shape index (κ1) is 9.71. The van der Waals surface area contributed by atoms with Crippen LogP contribution in [0.2, 0.25) is 0 Å². The van der Waals surface area contributed by atoms with Gasteiger partial charge in [-0.1, -0.05) is 24.3 Å². The molecule has 0 fully saturated rings. The van der Waals surface area contributed by atoms with Crippen molar-refractivity contribution in [3.05, 3.63) is 59.9 Å². The molecule has 0 saturated carbocycles. The molecule has 0 aliphatic rings. The molecule has 0 atom stereocenters. The molecule has 0 radical (unpaired) electrons. The van der Waals surface area contributed by atoms with Crippen LogP contribution in [0.3, 0.4) is 0 Å². The van der Waals surface area contributed by atoms with Crippen LogP contribution in [-0.2, 0) is 6.61 Å². The van der Waals surface area contributed by atoms with E-state index in [4.69, 9.17) is 4.74 Å². The number of benzene rings is 1. The van der Waals surface area contributed by atoms with E-state index in [1.807, 2.05) is 49.4 Å². The molecular weight excluding hydrogens is 186 g/mol. The van der Waals surface area contributed by atoms with Gasteiger partial charge < -0.3 is 4.74 Å². The molecule has 1 aromatic heterocycles. The molecule has 0 aliphatic heterocycles. The third kappa shape index (κ3) is 2.56. The van der Waals surface area contributed by atoms with Gasteiger partial charge in [-0.15, -0.1) is 0 Å². The molecule has 2 heteroatoms. The highest BCUT2D eigenvalue weighted by atomic mass is 16.5. The second-order valence-corrected chi connectivity index (χ2v) is 3.38. The zero-order valence-electron chi connectivity index (χ0n) is 8.68. The van der Waals surface area contributed by atoms with Gasteiger partial charge in [-0.25, -0.2) is 0 Å². The van der Waals surface area contributed by atoms with Crippen molar-refractivity contribution in [1.82, 2.24) is 4.98 Å². The first-order valence-corrected chi connectivity index (χ1v) is 4.94. The van der Waals surface area contributed by atoms with E-state index >= 15 is 0 Å². The summed E-state index contributed by atoms with van der Waals surface area (Å²) in [5.41, 5.74) is 2.09. The molecule has 1 aromatic carbocycles. The van der Waals surface area contributed by atoms with Gasteiger partial charge in [-0.3, -0.25) is 4.98 Å². The Morgan fingerprint density at radius 3 is 2.60 bits per heavy atom. The van der Waals surface area contributed by atoms with E-state index in [0.717, 1.165) is 17.0 Å². The monoisotopic (exact) mass is 199 g/mol. The van der Waals surface area contributed by atoms with Crippen molar-refractivity contribution >= 4 is 0 Å². The molecule has 1 heterocycles. The van der Waals surface area contributed by atoms with Crippen molar-refractivity contribution in [2.75, 3.05) is 0 Å². The Morgan fingerprint density at radius 1 is 1.07 bits per heavy atom. The fourth-order valence-corrected chi connectivity index (χ4v) is 1.35. The van der Waals surface area contributed by atoms with E-state index in [1.54, 1.807) is 6.20 Å². The topological polar surface area (TPSA) is 22.1 Å². The summed E-state index contributed by atoms with van der Waals surface area (Å²) >= 11 is 0. The number of hydrogen-bond donors (Lipinski definition) is 0.